The van der Waals surface area contributed by atoms with Gasteiger partial charge in [0, 0.05) is 12.7 Å². The smallest absolute Gasteiger partial charge is 0.270 e. The van der Waals surface area contributed by atoms with Crippen LogP contribution in [0.1, 0.15) is 55.1 Å². The average Bonchev–Trinajstić information content (AvgIpc) is 2.46. The van der Waals surface area contributed by atoms with Crippen molar-refractivity contribution in [2.24, 2.45) is 5.92 Å². The van der Waals surface area contributed by atoms with Crippen molar-refractivity contribution >= 4 is 5.91 Å². The fourth-order valence-corrected chi connectivity index (χ4v) is 2.85. The van der Waals surface area contributed by atoms with Crippen LogP contribution >= 0.6 is 0 Å². The highest BCUT2D eigenvalue weighted by atomic mass is 16.3. The largest absolute Gasteiger partial charge is 0.388 e. The van der Waals surface area contributed by atoms with Crippen molar-refractivity contribution in [3.05, 3.63) is 29.6 Å². The molecule has 1 heterocycles. The topological polar surface area (TPSA) is 62.2 Å². The molecule has 0 unspecified atom stereocenters. The molecule has 1 saturated carbocycles. The Balaban J connectivity index is 1.89. The van der Waals surface area contributed by atoms with Gasteiger partial charge in [0.05, 0.1) is 5.60 Å². The van der Waals surface area contributed by atoms with Crippen LogP contribution in [-0.2, 0) is 0 Å². The molecule has 1 fully saturated rings. The Kier molecular flexibility index (Phi) is 4.76. The molecule has 1 aliphatic rings. The zero-order chi connectivity index (χ0) is 14.6. The van der Waals surface area contributed by atoms with E-state index in [-0.39, 0.29) is 5.91 Å². The molecule has 20 heavy (non-hydrogen) atoms. The highest BCUT2D eigenvalue weighted by molar-refractivity contribution is 5.93. The van der Waals surface area contributed by atoms with Crippen LogP contribution in [0.4, 0.5) is 0 Å². The fraction of sp³-hybridized carbons (Fsp3) is 0.625. The van der Waals surface area contributed by atoms with Crippen LogP contribution in [0.15, 0.2) is 18.3 Å². The number of nitrogens with zero attached hydrogens (tertiary/aromatic N) is 1. The van der Waals surface area contributed by atoms with Crippen molar-refractivity contribution in [2.75, 3.05) is 6.54 Å². The molecule has 110 valence electrons. The second kappa shape index (κ2) is 6.35. The maximum absolute atomic E-state index is 12.1. The molecule has 1 aromatic heterocycles. The molecule has 2 N–H and O–H groups in total. The summed E-state index contributed by atoms with van der Waals surface area (Å²) in [5.74, 6) is 0.526. The SMILES string of the molecule is CCC1CCC(O)(CNC(=O)c2ncccc2C)CC1. The summed E-state index contributed by atoms with van der Waals surface area (Å²) in [4.78, 5) is 16.2. The molecule has 1 aromatic rings. The number of carbonyl (C=O) groups excluding carboxylic acids is 1. The first-order valence-corrected chi connectivity index (χ1v) is 7.46. The third kappa shape index (κ3) is 3.57. The molecule has 0 bridgehead atoms. The lowest BCUT2D eigenvalue weighted by atomic mass is 9.78. The third-order valence-corrected chi connectivity index (χ3v) is 4.42. The van der Waals surface area contributed by atoms with Gasteiger partial charge in [0.15, 0.2) is 0 Å². The number of hydrogen-bond acceptors (Lipinski definition) is 3. The molecular formula is C16H24N2O2. The van der Waals surface area contributed by atoms with Crippen molar-refractivity contribution in [3.63, 3.8) is 0 Å². The predicted octanol–water partition coefficient (Wildman–Crippen LogP) is 2.45. The van der Waals surface area contributed by atoms with Crippen LogP contribution < -0.4 is 5.32 Å². The second-order valence-electron chi connectivity index (χ2n) is 5.93. The molecular weight excluding hydrogens is 252 g/mol. The summed E-state index contributed by atoms with van der Waals surface area (Å²) in [5, 5.41) is 13.3. The first kappa shape index (κ1) is 15.0. The van der Waals surface area contributed by atoms with Gasteiger partial charge in [-0.1, -0.05) is 19.4 Å². The van der Waals surface area contributed by atoms with E-state index in [1.54, 1.807) is 6.20 Å². The minimum Gasteiger partial charge on any atom is -0.388 e. The van der Waals surface area contributed by atoms with Crippen LogP contribution in [0.25, 0.3) is 0 Å². The number of aryl methyl sites for hydroxylation is 1. The van der Waals surface area contributed by atoms with E-state index in [0.717, 1.165) is 37.2 Å². The van der Waals surface area contributed by atoms with Crippen molar-refractivity contribution in [1.29, 1.82) is 0 Å². The van der Waals surface area contributed by atoms with E-state index in [9.17, 15) is 9.90 Å². The summed E-state index contributed by atoms with van der Waals surface area (Å²) in [6.45, 7) is 4.38. The third-order valence-electron chi connectivity index (χ3n) is 4.42. The minimum absolute atomic E-state index is 0.200. The normalized spacial score (nSPS) is 26.2. The standard InChI is InChI=1S/C16H24N2O2/c1-3-13-6-8-16(20,9-7-13)11-18-15(19)14-12(2)5-4-10-17-14/h4-5,10,13,20H,3,6-9,11H2,1-2H3,(H,18,19). The number of rotatable bonds is 4. The Labute approximate surface area is 120 Å². The summed E-state index contributed by atoms with van der Waals surface area (Å²) in [6, 6.07) is 3.68. The fourth-order valence-electron chi connectivity index (χ4n) is 2.85. The lowest BCUT2D eigenvalue weighted by Gasteiger charge is -2.35. The molecule has 0 aliphatic heterocycles. The van der Waals surface area contributed by atoms with E-state index in [2.05, 4.69) is 17.2 Å². The molecule has 0 aromatic carbocycles. The number of nitrogens with one attached hydrogen (secondary N) is 1. The molecule has 2 rings (SSSR count). The Hall–Kier alpha value is -1.42. The number of pyridine rings is 1. The molecule has 1 aliphatic carbocycles. The summed E-state index contributed by atoms with van der Waals surface area (Å²) in [6.07, 6.45) is 6.43. The zero-order valence-electron chi connectivity index (χ0n) is 12.4. The first-order chi connectivity index (χ1) is 9.54. The maximum Gasteiger partial charge on any atom is 0.270 e. The summed E-state index contributed by atoms with van der Waals surface area (Å²) >= 11 is 0. The lowest BCUT2D eigenvalue weighted by Crippen LogP contribution is -2.45. The predicted molar refractivity (Wildman–Crippen MR) is 78.5 cm³/mol. The van der Waals surface area contributed by atoms with Crippen LogP contribution in [-0.4, -0.2) is 28.1 Å². The number of hydrogen-bond donors (Lipinski definition) is 2. The zero-order valence-corrected chi connectivity index (χ0v) is 12.4. The highest BCUT2D eigenvalue weighted by Gasteiger charge is 2.33. The number of aliphatic hydroxyl groups is 1. The number of amides is 1. The molecule has 4 heteroatoms. The van der Waals surface area contributed by atoms with Gasteiger partial charge in [-0.25, -0.2) is 0 Å². The molecule has 0 spiro atoms. The highest BCUT2D eigenvalue weighted by Crippen LogP contribution is 2.33. The van der Waals surface area contributed by atoms with Crippen molar-refractivity contribution < 1.29 is 9.90 Å². The van der Waals surface area contributed by atoms with Crippen molar-refractivity contribution in [2.45, 2.75) is 51.6 Å². The van der Waals surface area contributed by atoms with E-state index in [0.29, 0.717) is 12.2 Å². The summed E-state index contributed by atoms with van der Waals surface area (Å²) in [5.41, 5.74) is 0.550. The molecule has 0 atom stereocenters. The van der Waals surface area contributed by atoms with Crippen LogP contribution in [0, 0.1) is 12.8 Å². The minimum atomic E-state index is -0.746. The van der Waals surface area contributed by atoms with Gasteiger partial charge in [-0.3, -0.25) is 9.78 Å². The number of carbonyl (C=O) groups is 1. The van der Waals surface area contributed by atoms with E-state index < -0.39 is 5.60 Å². The monoisotopic (exact) mass is 276 g/mol. The molecule has 0 saturated heterocycles. The Morgan fingerprint density at radius 2 is 2.20 bits per heavy atom. The van der Waals surface area contributed by atoms with Gasteiger partial charge in [0.1, 0.15) is 5.69 Å². The van der Waals surface area contributed by atoms with Crippen LogP contribution in [0.5, 0.6) is 0 Å². The Morgan fingerprint density at radius 3 is 2.80 bits per heavy atom. The van der Waals surface area contributed by atoms with Gasteiger partial charge in [-0.05, 0) is 50.2 Å². The van der Waals surface area contributed by atoms with Gasteiger partial charge in [0.25, 0.3) is 5.91 Å². The Morgan fingerprint density at radius 1 is 1.50 bits per heavy atom. The van der Waals surface area contributed by atoms with Crippen LogP contribution in [0.2, 0.25) is 0 Å². The van der Waals surface area contributed by atoms with Gasteiger partial charge in [-0.2, -0.15) is 0 Å². The van der Waals surface area contributed by atoms with Gasteiger partial charge >= 0.3 is 0 Å². The molecule has 4 nitrogen and oxygen atoms in total. The molecule has 0 radical (unpaired) electrons. The van der Waals surface area contributed by atoms with E-state index >= 15 is 0 Å². The van der Waals surface area contributed by atoms with Crippen LogP contribution in [0.3, 0.4) is 0 Å². The van der Waals surface area contributed by atoms with Gasteiger partial charge < -0.3 is 10.4 Å². The van der Waals surface area contributed by atoms with Crippen molar-refractivity contribution in [3.8, 4) is 0 Å². The van der Waals surface area contributed by atoms with Gasteiger partial charge in [-0.15, -0.1) is 0 Å². The second-order valence-corrected chi connectivity index (χ2v) is 5.93. The van der Waals surface area contributed by atoms with E-state index in [4.69, 9.17) is 0 Å². The quantitative estimate of drug-likeness (QED) is 0.888. The summed E-state index contributed by atoms with van der Waals surface area (Å²) < 4.78 is 0. The maximum atomic E-state index is 12.1. The first-order valence-electron chi connectivity index (χ1n) is 7.46. The number of aromatic nitrogens is 1. The summed E-state index contributed by atoms with van der Waals surface area (Å²) in [7, 11) is 0. The average molecular weight is 276 g/mol. The molecule has 1 amide bonds. The lowest BCUT2D eigenvalue weighted by molar-refractivity contribution is -0.00790. The van der Waals surface area contributed by atoms with E-state index in [1.807, 2.05) is 19.1 Å². The van der Waals surface area contributed by atoms with Gasteiger partial charge in [0.2, 0.25) is 0 Å². The Bertz CT molecular complexity index is 465. The van der Waals surface area contributed by atoms with E-state index in [1.165, 1.54) is 6.42 Å². The van der Waals surface area contributed by atoms with Crippen molar-refractivity contribution in [1.82, 2.24) is 10.3 Å².